The van der Waals surface area contributed by atoms with Gasteiger partial charge in [0.1, 0.15) is 5.75 Å². The lowest BCUT2D eigenvalue weighted by atomic mass is 10.1. The number of anilines is 3. The molecule has 2 N–H and O–H groups in total. The maximum atomic E-state index is 5.99. The van der Waals surface area contributed by atoms with Crippen LogP contribution in [0, 0.1) is 0 Å². The molecule has 2 aromatic carbocycles. The van der Waals surface area contributed by atoms with Gasteiger partial charge in [-0.1, -0.05) is 29.8 Å². The molecule has 1 aromatic heterocycles. The molecule has 128 valence electrons. The van der Waals surface area contributed by atoms with Crippen molar-refractivity contribution in [3.63, 3.8) is 0 Å². The smallest absolute Gasteiger partial charge is 0.244 e. The summed E-state index contributed by atoms with van der Waals surface area (Å²) in [6.07, 6.45) is 2.39. The van der Waals surface area contributed by atoms with E-state index < -0.39 is 0 Å². The van der Waals surface area contributed by atoms with Crippen molar-refractivity contribution in [2.45, 2.75) is 6.42 Å². The number of rotatable bonds is 7. The summed E-state index contributed by atoms with van der Waals surface area (Å²) in [6.45, 7) is 0.685. The second-order valence-electron chi connectivity index (χ2n) is 5.33. The maximum absolute atomic E-state index is 5.99. The first-order chi connectivity index (χ1) is 12.2. The Kier molecular flexibility index (Phi) is 5.64. The van der Waals surface area contributed by atoms with Gasteiger partial charge in [0, 0.05) is 23.3 Å². The van der Waals surface area contributed by atoms with Crippen molar-refractivity contribution in [2.24, 2.45) is 0 Å². The van der Waals surface area contributed by atoms with E-state index in [1.54, 1.807) is 13.3 Å². The molecule has 0 bridgehead atoms. The molecule has 0 amide bonds. The van der Waals surface area contributed by atoms with E-state index in [2.05, 4.69) is 25.8 Å². The zero-order chi connectivity index (χ0) is 17.5. The molecular weight excluding hydrogens is 338 g/mol. The summed E-state index contributed by atoms with van der Waals surface area (Å²) in [5, 5.41) is 15.1. The average molecular weight is 356 g/mol. The molecule has 0 atom stereocenters. The first kappa shape index (κ1) is 17.0. The minimum Gasteiger partial charge on any atom is -0.497 e. The van der Waals surface area contributed by atoms with Crippen molar-refractivity contribution in [1.82, 2.24) is 15.2 Å². The fourth-order valence-corrected chi connectivity index (χ4v) is 2.51. The number of aromatic nitrogens is 3. The van der Waals surface area contributed by atoms with Gasteiger partial charge in [0.05, 0.1) is 13.3 Å². The Labute approximate surface area is 151 Å². The molecule has 0 fully saturated rings. The Bertz CT molecular complexity index is 843. The van der Waals surface area contributed by atoms with Crippen molar-refractivity contribution < 1.29 is 4.74 Å². The third-order valence-electron chi connectivity index (χ3n) is 3.49. The first-order valence-corrected chi connectivity index (χ1v) is 8.20. The highest BCUT2D eigenvalue weighted by Crippen LogP contribution is 2.20. The SMILES string of the molecule is COc1cccc(Nc2cnnc(NCCc3cccc(Cl)c3)n2)c1. The van der Waals surface area contributed by atoms with Crippen LogP contribution >= 0.6 is 11.6 Å². The monoisotopic (exact) mass is 355 g/mol. The van der Waals surface area contributed by atoms with E-state index in [9.17, 15) is 0 Å². The Morgan fingerprint density at radius 3 is 2.84 bits per heavy atom. The highest BCUT2D eigenvalue weighted by molar-refractivity contribution is 6.30. The molecular formula is C18H18ClN5O. The Balaban J connectivity index is 1.59. The molecule has 0 spiro atoms. The van der Waals surface area contributed by atoms with Crippen molar-refractivity contribution in [3.05, 3.63) is 65.3 Å². The zero-order valence-electron chi connectivity index (χ0n) is 13.7. The Morgan fingerprint density at radius 1 is 1.12 bits per heavy atom. The molecule has 25 heavy (non-hydrogen) atoms. The number of methoxy groups -OCH3 is 1. The quantitative estimate of drug-likeness (QED) is 0.669. The molecule has 1 heterocycles. The summed E-state index contributed by atoms with van der Waals surface area (Å²) >= 11 is 5.99. The van der Waals surface area contributed by atoms with Crippen LogP contribution < -0.4 is 15.4 Å². The second kappa shape index (κ2) is 8.30. The van der Waals surface area contributed by atoms with Crippen LogP contribution in [0.1, 0.15) is 5.56 Å². The van der Waals surface area contributed by atoms with Gasteiger partial charge in [-0.15, -0.1) is 5.10 Å². The zero-order valence-corrected chi connectivity index (χ0v) is 14.5. The van der Waals surface area contributed by atoms with E-state index in [1.807, 2.05) is 48.5 Å². The predicted molar refractivity (Wildman–Crippen MR) is 99.7 cm³/mol. The van der Waals surface area contributed by atoms with Gasteiger partial charge >= 0.3 is 0 Å². The van der Waals surface area contributed by atoms with Crippen LogP contribution in [0.3, 0.4) is 0 Å². The van der Waals surface area contributed by atoms with Crippen LogP contribution in [0.15, 0.2) is 54.7 Å². The lowest BCUT2D eigenvalue weighted by Gasteiger charge is -2.09. The van der Waals surface area contributed by atoms with Gasteiger partial charge in [-0.3, -0.25) is 0 Å². The summed E-state index contributed by atoms with van der Waals surface area (Å²) in [6, 6.07) is 15.4. The molecule has 0 saturated carbocycles. The number of nitrogens with one attached hydrogen (secondary N) is 2. The number of hydrogen-bond acceptors (Lipinski definition) is 6. The predicted octanol–water partition coefficient (Wildman–Crippen LogP) is 3.93. The van der Waals surface area contributed by atoms with Crippen molar-refractivity contribution in [3.8, 4) is 5.75 Å². The van der Waals surface area contributed by atoms with E-state index in [4.69, 9.17) is 16.3 Å². The van der Waals surface area contributed by atoms with E-state index in [-0.39, 0.29) is 0 Å². The van der Waals surface area contributed by atoms with Gasteiger partial charge in [-0.25, -0.2) is 0 Å². The second-order valence-corrected chi connectivity index (χ2v) is 5.77. The molecule has 0 unspecified atom stereocenters. The molecule has 6 nitrogen and oxygen atoms in total. The third-order valence-corrected chi connectivity index (χ3v) is 3.72. The van der Waals surface area contributed by atoms with Gasteiger partial charge in [0.25, 0.3) is 0 Å². The Morgan fingerprint density at radius 2 is 2.00 bits per heavy atom. The minimum absolute atomic E-state index is 0.468. The maximum Gasteiger partial charge on any atom is 0.244 e. The molecule has 0 aliphatic carbocycles. The van der Waals surface area contributed by atoms with Crippen molar-refractivity contribution >= 4 is 29.1 Å². The van der Waals surface area contributed by atoms with Crippen LogP contribution in [0.2, 0.25) is 5.02 Å². The van der Waals surface area contributed by atoms with Crippen molar-refractivity contribution in [1.29, 1.82) is 0 Å². The largest absolute Gasteiger partial charge is 0.497 e. The molecule has 0 saturated heterocycles. The normalized spacial score (nSPS) is 10.3. The molecule has 7 heteroatoms. The summed E-state index contributed by atoms with van der Waals surface area (Å²) in [5.41, 5.74) is 2.02. The third kappa shape index (κ3) is 5.06. The summed E-state index contributed by atoms with van der Waals surface area (Å²) in [7, 11) is 1.63. The van der Waals surface area contributed by atoms with Gasteiger partial charge < -0.3 is 15.4 Å². The number of halogens is 1. The fraction of sp³-hybridized carbons (Fsp3) is 0.167. The number of hydrogen-bond donors (Lipinski definition) is 2. The molecule has 3 rings (SSSR count). The Hall–Kier alpha value is -2.86. The summed E-state index contributed by atoms with van der Waals surface area (Å²) < 4.78 is 5.21. The highest BCUT2D eigenvalue weighted by Gasteiger charge is 2.02. The minimum atomic E-state index is 0.468. The fourth-order valence-electron chi connectivity index (χ4n) is 2.30. The molecule has 0 aliphatic rings. The number of ether oxygens (including phenoxy) is 1. The van der Waals surface area contributed by atoms with Crippen LogP contribution in [0.25, 0.3) is 0 Å². The van der Waals surface area contributed by atoms with E-state index >= 15 is 0 Å². The van der Waals surface area contributed by atoms with Crippen LogP contribution in [0.4, 0.5) is 17.5 Å². The standard InChI is InChI=1S/C18H18ClN5O/c1-25-16-7-3-6-15(11-16)22-17-12-21-24-18(23-17)20-9-8-13-4-2-5-14(19)10-13/h2-7,10-12H,8-9H2,1H3,(H2,20,22,23,24). The van der Waals surface area contributed by atoms with Gasteiger partial charge in [-0.2, -0.15) is 10.1 Å². The van der Waals surface area contributed by atoms with E-state index in [0.29, 0.717) is 18.3 Å². The molecule has 3 aromatic rings. The first-order valence-electron chi connectivity index (χ1n) is 7.82. The van der Waals surface area contributed by atoms with E-state index in [0.717, 1.165) is 28.4 Å². The topological polar surface area (TPSA) is 72.0 Å². The van der Waals surface area contributed by atoms with Gasteiger partial charge in [0.15, 0.2) is 5.82 Å². The average Bonchev–Trinajstić information content (AvgIpc) is 2.62. The van der Waals surface area contributed by atoms with Crippen molar-refractivity contribution in [2.75, 3.05) is 24.3 Å². The summed E-state index contributed by atoms with van der Waals surface area (Å²) in [4.78, 5) is 4.41. The number of benzene rings is 2. The van der Waals surface area contributed by atoms with Gasteiger partial charge in [0.2, 0.25) is 5.95 Å². The van der Waals surface area contributed by atoms with Crippen LogP contribution in [0.5, 0.6) is 5.75 Å². The van der Waals surface area contributed by atoms with Crippen LogP contribution in [-0.4, -0.2) is 28.8 Å². The van der Waals surface area contributed by atoms with Crippen LogP contribution in [-0.2, 0) is 6.42 Å². The number of nitrogens with zero attached hydrogens (tertiary/aromatic N) is 3. The van der Waals surface area contributed by atoms with E-state index in [1.165, 1.54) is 0 Å². The van der Waals surface area contributed by atoms with Gasteiger partial charge in [-0.05, 0) is 36.2 Å². The summed E-state index contributed by atoms with van der Waals surface area (Å²) in [5.74, 6) is 1.84. The highest BCUT2D eigenvalue weighted by atomic mass is 35.5. The molecule has 0 aliphatic heterocycles. The lowest BCUT2D eigenvalue weighted by molar-refractivity contribution is 0.415. The molecule has 0 radical (unpaired) electrons. The lowest BCUT2D eigenvalue weighted by Crippen LogP contribution is -2.09.